The van der Waals surface area contributed by atoms with Crippen LogP contribution in [0.15, 0.2) is 46.8 Å². The standard InChI is InChI=1S/C21H21ClN4O6S/c22-12-3-5-13(6-4-12)33(28,29)19-15-18(23-10-24-19)26(11-25-15)20-17-16(14(9-27)30-20)31-21(32-17)7-1-2-8-21/h3-6,10-11,14,16-17,20,27H,1-2,7-9H2/t14-,16-,17-,20-/m1/s1. The zero-order valence-electron chi connectivity index (χ0n) is 17.4. The maximum Gasteiger partial charge on any atom is 0.226 e. The summed E-state index contributed by atoms with van der Waals surface area (Å²) in [5.41, 5.74) is 0.408. The minimum atomic E-state index is -3.97. The molecule has 1 saturated carbocycles. The molecule has 0 radical (unpaired) electrons. The fourth-order valence-corrected chi connectivity index (χ4v) is 6.39. The molecule has 0 unspecified atom stereocenters. The highest BCUT2D eigenvalue weighted by Gasteiger charge is 2.59. The molecule has 2 saturated heterocycles. The SMILES string of the molecule is O=S(=O)(c1ccc(Cl)cc1)c1ncnc2c1ncn2[C@@H]1O[C@H](CO)[C@H]2OC3(CCCC3)O[C@H]21. The number of aromatic nitrogens is 4. The summed E-state index contributed by atoms with van der Waals surface area (Å²) in [5, 5.41) is 10.1. The van der Waals surface area contributed by atoms with E-state index < -0.39 is 40.2 Å². The molecule has 3 aromatic rings. The quantitative estimate of drug-likeness (QED) is 0.545. The van der Waals surface area contributed by atoms with E-state index in [1.807, 2.05) is 0 Å². The Morgan fingerprint density at radius 3 is 2.55 bits per heavy atom. The lowest BCUT2D eigenvalue weighted by Crippen LogP contribution is -2.33. The van der Waals surface area contributed by atoms with E-state index in [0.717, 1.165) is 25.7 Å². The average molecular weight is 493 g/mol. The van der Waals surface area contributed by atoms with Crippen LogP contribution in [0.3, 0.4) is 0 Å². The average Bonchev–Trinajstić information content (AvgIpc) is 3.58. The van der Waals surface area contributed by atoms with E-state index in [-0.39, 0.29) is 27.7 Å². The Labute approximate surface area is 194 Å². The summed E-state index contributed by atoms with van der Waals surface area (Å²) in [4.78, 5) is 12.7. The lowest BCUT2D eigenvalue weighted by atomic mass is 10.1. The Hall–Kier alpha value is -2.15. The molecule has 1 spiro atoms. The summed E-state index contributed by atoms with van der Waals surface area (Å²) < 4.78 is 46.8. The van der Waals surface area contributed by atoms with Gasteiger partial charge in [-0.05, 0) is 37.1 Å². The molecule has 174 valence electrons. The summed E-state index contributed by atoms with van der Waals surface area (Å²) in [7, 11) is -3.97. The van der Waals surface area contributed by atoms with Gasteiger partial charge in [0, 0.05) is 17.9 Å². The Kier molecular flexibility index (Phi) is 4.98. The van der Waals surface area contributed by atoms with Crippen LogP contribution >= 0.6 is 11.6 Å². The third kappa shape index (κ3) is 3.29. The third-order valence-electron chi connectivity index (χ3n) is 6.51. The lowest BCUT2D eigenvalue weighted by Gasteiger charge is -2.27. The topological polar surface area (TPSA) is 126 Å². The van der Waals surface area contributed by atoms with Crippen molar-refractivity contribution in [3.63, 3.8) is 0 Å². The van der Waals surface area contributed by atoms with Crippen molar-refractivity contribution in [3.8, 4) is 0 Å². The number of rotatable bonds is 4. The highest BCUT2D eigenvalue weighted by atomic mass is 35.5. The van der Waals surface area contributed by atoms with E-state index in [2.05, 4.69) is 15.0 Å². The van der Waals surface area contributed by atoms with Gasteiger partial charge in [0.1, 0.15) is 30.2 Å². The molecule has 0 amide bonds. The van der Waals surface area contributed by atoms with Crippen LogP contribution in [0.2, 0.25) is 5.02 Å². The van der Waals surface area contributed by atoms with Crippen LogP contribution in [0, 0.1) is 0 Å². The Morgan fingerprint density at radius 1 is 1.09 bits per heavy atom. The third-order valence-corrected chi connectivity index (χ3v) is 8.46. The number of ether oxygens (including phenoxy) is 3. The van der Waals surface area contributed by atoms with E-state index in [1.165, 1.54) is 36.9 Å². The Balaban J connectivity index is 1.40. The van der Waals surface area contributed by atoms with Gasteiger partial charge in [-0.15, -0.1) is 0 Å². The predicted molar refractivity (Wildman–Crippen MR) is 114 cm³/mol. The van der Waals surface area contributed by atoms with Crippen molar-refractivity contribution in [1.29, 1.82) is 0 Å². The lowest BCUT2D eigenvalue weighted by molar-refractivity contribution is -0.215. The van der Waals surface area contributed by atoms with Crippen molar-refractivity contribution in [1.82, 2.24) is 19.5 Å². The van der Waals surface area contributed by atoms with Crippen LogP contribution in [0.5, 0.6) is 0 Å². The van der Waals surface area contributed by atoms with Gasteiger partial charge in [-0.2, -0.15) is 0 Å². The molecule has 6 rings (SSSR count). The smallest absolute Gasteiger partial charge is 0.226 e. The van der Waals surface area contributed by atoms with Gasteiger partial charge in [-0.1, -0.05) is 11.6 Å². The molecule has 3 fully saturated rings. The number of fused-ring (bicyclic) bond motifs is 2. The van der Waals surface area contributed by atoms with Gasteiger partial charge >= 0.3 is 0 Å². The minimum absolute atomic E-state index is 0.0506. The second-order valence-electron chi connectivity index (χ2n) is 8.49. The van der Waals surface area contributed by atoms with Gasteiger partial charge in [0.15, 0.2) is 22.7 Å². The second-order valence-corrected chi connectivity index (χ2v) is 10.8. The highest BCUT2D eigenvalue weighted by Crippen LogP contribution is 2.49. The van der Waals surface area contributed by atoms with Crippen LogP contribution in [0.1, 0.15) is 31.9 Å². The van der Waals surface area contributed by atoms with E-state index in [9.17, 15) is 13.5 Å². The molecule has 4 heterocycles. The minimum Gasteiger partial charge on any atom is -0.394 e. The largest absolute Gasteiger partial charge is 0.394 e. The molecule has 0 bridgehead atoms. The Bertz CT molecular complexity index is 1310. The zero-order valence-corrected chi connectivity index (χ0v) is 18.9. The maximum atomic E-state index is 13.2. The summed E-state index contributed by atoms with van der Waals surface area (Å²) >= 11 is 5.90. The fraction of sp³-hybridized carbons (Fsp3) is 0.476. The van der Waals surface area contributed by atoms with E-state index >= 15 is 0 Å². The maximum absolute atomic E-state index is 13.2. The molecule has 3 aliphatic rings. The van der Waals surface area contributed by atoms with E-state index in [4.69, 9.17) is 25.8 Å². The second kappa shape index (κ2) is 7.69. The van der Waals surface area contributed by atoms with Gasteiger partial charge in [-0.3, -0.25) is 4.57 Å². The summed E-state index contributed by atoms with van der Waals surface area (Å²) in [6.07, 6.45) is 4.09. The number of sulfone groups is 1. The van der Waals surface area contributed by atoms with Crippen molar-refractivity contribution in [2.45, 2.75) is 65.9 Å². The van der Waals surface area contributed by atoms with Crippen molar-refractivity contribution in [3.05, 3.63) is 41.9 Å². The number of hydrogen-bond acceptors (Lipinski definition) is 9. The molecule has 4 atom stereocenters. The molecule has 2 aliphatic heterocycles. The number of aliphatic hydroxyl groups is 1. The predicted octanol–water partition coefficient (Wildman–Crippen LogP) is 2.26. The number of benzene rings is 1. The number of hydrogen-bond donors (Lipinski definition) is 1. The molecular weight excluding hydrogens is 472 g/mol. The van der Waals surface area contributed by atoms with Gasteiger partial charge in [-0.25, -0.2) is 23.4 Å². The summed E-state index contributed by atoms with van der Waals surface area (Å²) in [5.74, 6) is -0.654. The monoisotopic (exact) mass is 492 g/mol. The molecule has 1 aromatic carbocycles. The molecule has 2 aromatic heterocycles. The van der Waals surface area contributed by atoms with Gasteiger partial charge in [0.25, 0.3) is 0 Å². The summed E-state index contributed by atoms with van der Waals surface area (Å²) in [6, 6.07) is 5.85. The molecular formula is C21H21ClN4O6S. The summed E-state index contributed by atoms with van der Waals surface area (Å²) in [6.45, 7) is -0.227. The molecule has 10 nitrogen and oxygen atoms in total. The van der Waals surface area contributed by atoms with Crippen LogP contribution in [0.25, 0.3) is 11.2 Å². The number of imidazole rings is 1. The molecule has 33 heavy (non-hydrogen) atoms. The fourth-order valence-electron chi connectivity index (χ4n) is 4.96. The first-order valence-corrected chi connectivity index (χ1v) is 12.6. The number of aliphatic hydroxyl groups excluding tert-OH is 1. The van der Waals surface area contributed by atoms with Crippen molar-refractivity contribution in [2.24, 2.45) is 0 Å². The van der Waals surface area contributed by atoms with Crippen LogP contribution in [-0.2, 0) is 24.0 Å². The molecule has 1 aliphatic carbocycles. The Morgan fingerprint density at radius 2 is 1.82 bits per heavy atom. The van der Waals surface area contributed by atoms with Gasteiger partial charge in [0.05, 0.1) is 17.8 Å². The van der Waals surface area contributed by atoms with Gasteiger partial charge in [0.2, 0.25) is 9.84 Å². The normalized spacial score (nSPS) is 28.7. The molecule has 12 heteroatoms. The van der Waals surface area contributed by atoms with Crippen molar-refractivity contribution >= 4 is 32.6 Å². The van der Waals surface area contributed by atoms with E-state index in [1.54, 1.807) is 4.57 Å². The van der Waals surface area contributed by atoms with Gasteiger partial charge < -0.3 is 19.3 Å². The zero-order chi connectivity index (χ0) is 22.8. The molecule has 1 N–H and O–H groups in total. The van der Waals surface area contributed by atoms with Crippen molar-refractivity contribution < 1.29 is 27.7 Å². The highest BCUT2D eigenvalue weighted by molar-refractivity contribution is 7.91. The van der Waals surface area contributed by atoms with Crippen LogP contribution in [0.4, 0.5) is 0 Å². The number of halogens is 1. The van der Waals surface area contributed by atoms with Crippen LogP contribution < -0.4 is 0 Å². The first-order valence-electron chi connectivity index (χ1n) is 10.7. The van der Waals surface area contributed by atoms with Crippen LogP contribution in [-0.4, -0.2) is 63.7 Å². The van der Waals surface area contributed by atoms with Crippen molar-refractivity contribution in [2.75, 3.05) is 6.61 Å². The first kappa shape index (κ1) is 21.4. The first-order chi connectivity index (χ1) is 15.9. The number of nitrogens with zero attached hydrogens (tertiary/aromatic N) is 4. The van der Waals surface area contributed by atoms with E-state index in [0.29, 0.717) is 5.02 Å².